The standard InChI is InChI=1S/C8H16N2O/c1-3-10-5-4-8(6-11)9(2)7-10/h6,8H,3-5,7H2,1-2H3. The van der Waals surface area contributed by atoms with E-state index in [1.165, 1.54) is 0 Å². The van der Waals surface area contributed by atoms with Gasteiger partial charge in [-0.25, -0.2) is 0 Å². The van der Waals surface area contributed by atoms with E-state index in [9.17, 15) is 4.79 Å². The number of hydrogen-bond donors (Lipinski definition) is 0. The van der Waals surface area contributed by atoms with Gasteiger partial charge in [0.15, 0.2) is 0 Å². The van der Waals surface area contributed by atoms with E-state index >= 15 is 0 Å². The Kier molecular flexibility index (Phi) is 3.02. The lowest BCUT2D eigenvalue weighted by Crippen LogP contribution is -2.48. The summed E-state index contributed by atoms with van der Waals surface area (Å²) in [6, 6.07) is 0.151. The average molecular weight is 156 g/mol. The van der Waals surface area contributed by atoms with Crippen molar-refractivity contribution in [1.29, 1.82) is 0 Å². The van der Waals surface area contributed by atoms with Crippen LogP contribution in [0.4, 0.5) is 0 Å². The van der Waals surface area contributed by atoms with E-state index in [0.717, 1.165) is 32.5 Å². The van der Waals surface area contributed by atoms with Crippen molar-refractivity contribution in [3.63, 3.8) is 0 Å². The second-order valence-electron chi connectivity index (χ2n) is 3.10. The Hall–Kier alpha value is -0.410. The van der Waals surface area contributed by atoms with Crippen LogP contribution in [-0.2, 0) is 4.79 Å². The predicted molar refractivity (Wildman–Crippen MR) is 44.3 cm³/mol. The molecular weight excluding hydrogens is 140 g/mol. The van der Waals surface area contributed by atoms with Crippen LogP contribution >= 0.6 is 0 Å². The number of nitrogens with zero attached hydrogens (tertiary/aromatic N) is 2. The topological polar surface area (TPSA) is 23.6 Å². The third-order valence-corrected chi connectivity index (χ3v) is 2.33. The van der Waals surface area contributed by atoms with E-state index in [4.69, 9.17) is 0 Å². The Balaban J connectivity index is 2.40. The van der Waals surface area contributed by atoms with Gasteiger partial charge < -0.3 is 4.79 Å². The highest BCUT2D eigenvalue weighted by Gasteiger charge is 2.21. The van der Waals surface area contributed by atoms with Gasteiger partial charge in [0, 0.05) is 6.54 Å². The first-order valence-electron chi connectivity index (χ1n) is 4.15. The molecule has 1 atom stereocenters. The number of carbonyl (C=O) groups is 1. The van der Waals surface area contributed by atoms with Crippen LogP contribution in [0.1, 0.15) is 13.3 Å². The average Bonchev–Trinajstić information content (AvgIpc) is 2.04. The first-order chi connectivity index (χ1) is 5.27. The highest BCUT2D eigenvalue weighted by atomic mass is 16.1. The van der Waals surface area contributed by atoms with Crippen LogP contribution in [0, 0.1) is 0 Å². The molecule has 1 aliphatic rings. The van der Waals surface area contributed by atoms with Crippen molar-refractivity contribution >= 4 is 6.29 Å². The van der Waals surface area contributed by atoms with E-state index in [0.29, 0.717) is 0 Å². The molecule has 11 heavy (non-hydrogen) atoms. The molecule has 1 unspecified atom stereocenters. The smallest absolute Gasteiger partial charge is 0.137 e. The molecule has 3 heteroatoms. The zero-order chi connectivity index (χ0) is 8.27. The largest absolute Gasteiger partial charge is 0.302 e. The fourth-order valence-electron chi connectivity index (χ4n) is 1.46. The lowest BCUT2D eigenvalue weighted by Gasteiger charge is -2.36. The minimum absolute atomic E-state index is 0.151. The van der Waals surface area contributed by atoms with Gasteiger partial charge in [0.1, 0.15) is 6.29 Å². The molecular formula is C8H16N2O. The molecule has 0 aromatic carbocycles. The fourth-order valence-corrected chi connectivity index (χ4v) is 1.46. The molecule has 1 rings (SSSR count). The van der Waals surface area contributed by atoms with Crippen molar-refractivity contribution in [2.45, 2.75) is 19.4 Å². The number of aldehydes is 1. The van der Waals surface area contributed by atoms with Crippen LogP contribution in [0.25, 0.3) is 0 Å². The molecule has 0 amide bonds. The maximum absolute atomic E-state index is 10.5. The summed E-state index contributed by atoms with van der Waals surface area (Å²) in [6.07, 6.45) is 2.03. The summed E-state index contributed by atoms with van der Waals surface area (Å²) < 4.78 is 0. The summed E-state index contributed by atoms with van der Waals surface area (Å²) >= 11 is 0. The van der Waals surface area contributed by atoms with Crippen LogP contribution in [-0.4, -0.2) is 48.9 Å². The highest BCUT2D eigenvalue weighted by Crippen LogP contribution is 2.08. The van der Waals surface area contributed by atoms with Crippen LogP contribution < -0.4 is 0 Å². The molecule has 0 N–H and O–H groups in total. The molecule has 3 nitrogen and oxygen atoms in total. The van der Waals surface area contributed by atoms with Crippen molar-refractivity contribution < 1.29 is 4.79 Å². The fraction of sp³-hybridized carbons (Fsp3) is 0.875. The third-order valence-electron chi connectivity index (χ3n) is 2.33. The highest BCUT2D eigenvalue weighted by molar-refractivity contribution is 5.57. The first kappa shape index (κ1) is 8.68. The molecule has 0 spiro atoms. The lowest BCUT2D eigenvalue weighted by atomic mass is 10.1. The van der Waals surface area contributed by atoms with Crippen molar-refractivity contribution in [1.82, 2.24) is 9.80 Å². The van der Waals surface area contributed by atoms with E-state index in [1.54, 1.807) is 0 Å². The van der Waals surface area contributed by atoms with E-state index in [2.05, 4.69) is 16.7 Å². The van der Waals surface area contributed by atoms with Gasteiger partial charge in [0.05, 0.1) is 12.7 Å². The third kappa shape index (κ3) is 2.01. The van der Waals surface area contributed by atoms with Crippen molar-refractivity contribution in [2.24, 2.45) is 0 Å². The van der Waals surface area contributed by atoms with Gasteiger partial charge in [-0.15, -0.1) is 0 Å². The van der Waals surface area contributed by atoms with Crippen LogP contribution in [0.3, 0.4) is 0 Å². The van der Waals surface area contributed by atoms with Gasteiger partial charge in [-0.2, -0.15) is 0 Å². The summed E-state index contributed by atoms with van der Waals surface area (Å²) in [6.45, 7) is 5.22. The van der Waals surface area contributed by atoms with E-state index in [-0.39, 0.29) is 6.04 Å². The SMILES string of the molecule is CCN1CCC(C=O)N(C)C1. The minimum atomic E-state index is 0.151. The lowest BCUT2D eigenvalue weighted by molar-refractivity contribution is -0.114. The molecule has 0 saturated carbocycles. The number of hydrogen-bond acceptors (Lipinski definition) is 3. The molecule has 1 heterocycles. The second kappa shape index (κ2) is 3.83. The Morgan fingerprint density at radius 2 is 2.36 bits per heavy atom. The minimum Gasteiger partial charge on any atom is -0.302 e. The molecule has 1 saturated heterocycles. The number of rotatable bonds is 2. The molecule has 0 aromatic heterocycles. The Morgan fingerprint density at radius 3 is 2.82 bits per heavy atom. The summed E-state index contributed by atoms with van der Waals surface area (Å²) in [5.41, 5.74) is 0. The second-order valence-corrected chi connectivity index (χ2v) is 3.10. The van der Waals surface area contributed by atoms with Gasteiger partial charge in [-0.3, -0.25) is 9.80 Å². The molecule has 0 radical (unpaired) electrons. The molecule has 64 valence electrons. The number of carbonyl (C=O) groups excluding carboxylic acids is 1. The first-order valence-corrected chi connectivity index (χ1v) is 4.15. The summed E-state index contributed by atoms with van der Waals surface area (Å²) in [4.78, 5) is 14.9. The maximum atomic E-state index is 10.5. The van der Waals surface area contributed by atoms with Crippen molar-refractivity contribution in [3.05, 3.63) is 0 Å². The van der Waals surface area contributed by atoms with Gasteiger partial charge in [-0.1, -0.05) is 6.92 Å². The molecule has 0 aliphatic carbocycles. The van der Waals surface area contributed by atoms with E-state index in [1.807, 2.05) is 7.05 Å². The van der Waals surface area contributed by atoms with Crippen LogP contribution in [0.2, 0.25) is 0 Å². The monoisotopic (exact) mass is 156 g/mol. The summed E-state index contributed by atoms with van der Waals surface area (Å²) in [7, 11) is 2.00. The van der Waals surface area contributed by atoms with Gasteiger partial charge in [0.2, 0.25) is 0 Å². The molecule has 0 aromatic rings. The molecule has 1 aliphatic heterocycles. The predicted octanol–water partition coefficient (Wildman–Crippen LogP) is 0.169. The van der Waals surface area contributed by atoms with Crippen molar-refractivity contribution in [3.8, 4) is 0 Å². The molecule has 0 bridgehead atoms. The zero-order valence-corrected chi connectivity index (χ0v) is 7.29. The van der Waals surface area contributed by atoms with E-state index < -0.39 is 0 Å². The van der Waals surface area contributed by atoms with Crippen molar-refractivity contribution in [2.75, 3.05) is 26.8 Å². The van der Waals surface area contributed by atoms with Gasteiger partial charge >= 0.3 is 0 Å². The Labute approximate surface area is 68.0 Å². The zero-order valence-electron chi connectivity index (χ0n) is 7.29. The summed E-state index contributed by atoms with van der Waals surface area (Å²) in [5, 5.41) is 0. The number of likely N-dealkylation sites (N-methyl/N-ethyl adjacent to an activating group) is 1. The Bertz CT molecular complexity index is 138. The molecule has 1 fully saturated rings. The Morgan fingerprint density at radius 1 is 1.64 bits per heavy atom. The van der Waals surface area contributed by atoms with Crippen LogP contribution in [0.15, 0.2) is 0 Å². The summed E-state index contributed by atoms with van der Waals surface area (Å²) in [5.74, 6) is 0. The van der Waals surface area contributed by atoms with Gasteiger partial charge in [-0.05, 0) is 20.0 Å². The normalized spacial score (nSPS) is 28.7. The maximum Gasteiger partial charge on any atom is 0.137 e. The van der Waals surface area contributed by atoms with Crippen LogP contribution in [0.5, 0.6) is 0 Å². The van der Waals surface area contributed by atoms with Gasteiger partial charge in [0.25, 0.3) is 0 Å². The quantitative estimate of drug-likeness (QED) is 0.532.